The molecule has 0 radical (unpaired) electrons. The molecule has 2 N–H and O–H groups in total. The fourth-order valence-corrected chi connectivity index (χ4v) is 4.71. The van der Waals surface area contributed by atoms with Crippen molar-refractivity contribution in [3.63, 3.8) is 0 Å². The van der Waals surface area contributed by atoms with Crippen molar-refractivity contribution in [1.29, 1.82) is 5.26 Å². The predicted molar refractivity (Wildman–Crippen MR) is 102 cm³/mol. The largest absolute Gasteiger partial charge is 0.457 e. The smallest absolute Gasteiger partial charge is 0.269 e. The number of carbonyl (C=O) groups excluding carboxylic acids is 1. The molecule has 2 aromatic heterocycles. The Kier molecular flexibility index (Phi) is 3.10. The van der Waals surface area contributed by atoms with E-state index in [1.807, 2.05) is 30.3 Å². The van der Waals surface area contributed by atoms with Crippen molar-refractivity contribution in [2.24, 2.45) is 11.8 Å². The van der Waals surface area contributed by atoms with Crippen LogP contribution in [0.1, 0.15) is 10.5 Å². The van der Waals surface area contributed by atoms with E-state index >= 15 is 0 Å². The molecule has 8 heteroatoms. The number of para-hydroxylation sites is 1. The Morgan fingerprint density at radius 2 is 2.14 bits per heavy atom. The van der Waals surface area contributed by atoms with Crippen molar-refractivity contribution in [2.45, 2.75) is 11.6 Å². The topological polar surface area (TPSA) is 107 Å². The van der Waals surface area contributed by atoms with Gasteiger partial charge in [-0.25, -0.2) is 0 Å². The number of ether oxygens (including phenoxy) is 1. The Morgan fingerprint density at radius 3 is 2.90 bits per heavy atom. The zero-order valence-corrected chi connectivity index (χ0v) is 15.2. The first-order chi connectivity index (χ1) is 14.2. The monoisotopic (exact) mass is 384 g/mol. The first kappa shape index (κ1) is 16.1. The van der Waals surface area contributed by atoms with Gasteiger partial charge in [-0.3, -0.25) is 14.9 Å². The Hall–Kier alpha value is -3.86. The van der Waals surface area contributed by atoms with Crippen LogP contribution in [0.2, 0.25) is 0 Å². The second-order valence-electron chi connectivity index (χ2n) is 7.72. The van der Waals surface area contributed by atoms with Gasteiger partial charge >= 0.3 is 0 Å². The second-order valence-corrected chi connectivity index (χ2v) is 7.72. The lowest BCUT2D eigenvalue weighted by Gasteiger charge is -2.15. The van der Waals surface area contributed by atoms with Gasteiger partial charge in [-0.15, -0.1) is 0 Å². The number of amides is 1. The van der Waals surface area contributed by atoms with Gasteiger partial charge in [-0.2, -0.15) is 10.4 Å². The summed E-state index contributed by atoms with van der Waals surface area (Å²) in [5.41, 5.74) is 1.42. The highest BCUT2D eigenvalue weighted by Crippen LogP contribution is 2.77. The highest BCUT2D eigenvalue weighted by molar-refractivity contribution is 5.95. The molecule has 2 bridgehead atoms. The number of H-pyrrole nitrogens is 1. The molecule has 2 atom stereocenters. The minimum absolute atomic E-state index is 0.205. The molecular formula is C21H16N6O2. The number of nitriles is 1. The lowest BCUT2D eigenvalue weighted by atomic mass is 10.1. The van der Waals surface area contributed by atoms with Crippen LogP contribution in [0, 0.1) is 23.3 Å². The number of nitrogens with one attached hydrogen (secondary N) is 2. The van der Waals surface area contributed by atoms with Crippen LogP contribution in [0.25, 0.3) is 11.3 Å². The summed E-state index contributed by atoms with van der Waals surface area (Å²) in [6, 6.07) is 13.3. The first-order valence-corrected chi connectivity index (χ1v) is 9.43. The third kappa shape index (κ3) is 2.27. The molecular weight excluding hydrogens is 368 g/mol. The molecule has 1 aromatic carbocycles. The lowest BCUT2D eigenvalue weighted by Crippen LogP contribution is -2.43. The maximum Gasteiger partial charge on any atom is 0.269 e. The van der Waals surface area contributed by atoms with Crippen LogP contribution < -0.4 is 10.1 Å². The number of aromatic nitrogens is 3. The molecule has 8 nitrogen and oxygen atoms in total. The van der Waals surface area contributed by atoms with Crippen LogP contribution >= 0.6 is 0 Å². The summed E-state index contributed by atoms with van der Waals surface area (Å²) in [6.45, 7) is 0.605. The summed E-state index contributed by atoms with van der Waals surface area (Å²) in [5.74, 6) is 1.97. The van der Waals surface area contributed by atoms with Gasteiger partial charge in [-0.1, -0.05) is 18.2 Å². The van der Waals surface area contributed by atoms with Crippen LogP contribution in [0.5, 0.6) is 11.5 Å². The maximum atomic E-state index is 12.7. The molecule has 4 fully saturated rings. The zero-order chi connectivity index (χ0) is 19.6. The van der Waals surface area contributed by atoms with Crippen LogP contribution in [-0.4, -0.2) is 44.1 Å². The molecule has 2 aliphatic heterocycles. The summed E-state index contributed by atoms with van der Waals surface area (Å²) in [6.07, 6.45) is 5.52. The predicted octanol–water partition coefficient (Wildman–Crippen LogP) is 2.16. The quantitative estimate of drug-likeness (QED) is 0.653. The van der Waals surface area contributed by atoms with Crippen molar-refractivity contribution in [1.82, 2.24) is 25.4 Å². The number of benzene rings is 1. The molecule has 4 heterocycles. The molecule has 29 heavy (non-hydrogen) atoms. The van der Waals surface area contributed by atoms with Crippen molar-refractivity contribution in [2.75, 3.05) is 6.54 Å². The van der Waals surface area contributed by atoms with Gasteiger partial charge in [0.1, 0.15) is 17.2 Å². The van der Waals surface area contributed by atoms with E-state index in [1.54, 1.807) is 29.4 Å². The third-order valence-corrected chi connectivity index (χ3v) is 6.18. The minimum Gasteiger partial charge on any atom is -0.457 e. The molecule has 2 saturated heterocycles. The fraction of sp³-hybridized carbons (Fsp3) is 0.238. The second kappa shape index (κ2) is 5.58. The van der Waals surface area contributed by atoms with Gasteiger partial charge in [0, 0.05) is 24.2 Å². The number of piperidine rings is 1. The van der Waals surface area contributed by atoms with Crippen LogP contribution in [0.4, 0.5) is 0 Å². The number of carbonyl (C=O) groups is 1. The van der Waals surface area contributed by atoms with E-state index in [1.165, 1.54) is 0 Å². The van der Waals surface area contributed by atoms with Crippen LogP contribution in [-0.2, 0) is 0 Å². The standard InChI is InChI=1S/C21H16N6O2/c22-11-27-10-21(17-18(21)19(17)27)24-20(28)15-8-14(25-26-15)13-9-23-7-6-16(13)29-12-4-2-1-3-5-12/h1-9,17-19H,10H2,(H,24,28)(H,25,26). The number of hydrogen-bond donors (Lipinski definition) is 2. The lowest BCUT2D eigenvalue weighted by molar-refractivity contribution is 0.0920. The first-order valence-electron chi connectivity index (χ1n) is 9.43. The van der Waals surface area contributed by atoms with E-state index in [2.05, 4.69) is 26.7 Å². The van der Waals surface area contributed by atoms with E-state index < -0.39 is 0 Å². The summed E-state index contributed by atoms with van der Waals surface area (Å²) in [7, 11) is 0. The molecule has 4 aliphatic rings. The Bertz CT molecular complexity index is 1160. The number of fused-ring (bicyclic) bond motifs is 1. The van der Waals surface area contributed by atoms with Crippen molar-refractivity contribution >= 4 is 5.91 Å². The van der Waals surface area contributed by atoms with E-state index in [-0.39, 0.29) is 11.4 Å². The number of pyridine rings is 1. The van der Waals surface area contributed by atoms with Crippen LogP contribution in [0.15, 0.2) is 54.9 Å². The third-order valence-electron chi connectivity index (χ3n) is 6.18. The van der Waals surface area contributed by atoms with Crippen molar-refractivity contribution in [3.8, 4) is 28.9 Å². The molecule has 2 aliphatic carbocycles. The highest BCUT2D eigenvalue weighted by atomic mass is 16.5. The summed E-state index contributed by atoms with van der Waals surface area (Å²) < 4.78 is 5.96. The number of nitrogens with zero attached hydrogens (tertiary/aromatic N) is 4. The number of hydrogen-bond acceptors (Lipinski definition) is 6. The summed E-state index contributed by atoms with van der Waals surface area (Å²) >= 11 is 0. The van der Waals surface area contributed by atoms with Crippen molar-refractivity contribution < 1.29 is 9.53 Å². The number of rotatable bonds is 5. The molecule has 1 amide bonds. The molecule has 2 unspecified atom stereocenters. The van der Waals surface area contributed by atoms with Gasteiger partial charge in [0.2, 0.25) is 0 Å². The zero-order valence-electron chi connectivity index (χ0n) is 15.2. The average molecular weight is 384 g/mol. The summed E-state index contributed by atoms with van der Waals surface area (Å²) in [4.78, 5) is 18.7. The number of aromatic amines is 1. The fourth-order valence-electron chi connectivity index (χ4n) is 4.71. The van der Waals surface area contributed by atoms with Gasteiger partial charge in [0.05, 0.1) is 29.4 Å². The van der Waals surface area contributed by atoms with Gasteiger partial charge in [0.15, 0.2) is 6.19 Å². The Morgan fingerprint density at radius 1 is 1.31 bits per heavy atom. The van der Waals surface area contributed by atoms with E-state index in [0.717, 1.165) is 0 Å². The molecule has 7 rings (SSSR count). The Labute approximate surface area is 166 Å². The SMILES string of the molecule is N#CN1CC2(NC(=O)c3cc(-c4cnccc4Oc4ccccc4)n[nH]3)C3C1C32. The van der Waals surface area contributed by atoms with Crippen LogP contribution in [0.3, 0.4) is 0 Å². The van der Waals surface area contributed by atoms with E-state index in [4.69, 9.17) is 10.00 Å². The van der Waals surface area contributed by atoms with E-state index in [9.17, 15) is 4.79 Å². The molecule has 3 aromatic rings. The maximum absolute atomic E-state index is 12.7. The van der Waals surface area contributed by atoms with E-state index in [0.29, 0.717) is 52.9 Å². The summed E-state index contributed by atoms with van der Waals surface area (Å²) in [5, 5.41) is 19.3. The van der Waals surface area contributed by atoms with Crippen molar-refractivity contribution in [3.05, 3.63) is 60.6 Å². The molecule has 142 valence electrons. The molecule has 0 spiro atoms. The minimum atomic E-state index is -0.224. The van der Waals surface area contributed by atoms with Gasteiger partial charge < -0.3 is 15.0 Å². The van der Waals surface area contributed by atoms with Gasteiger partial charge in [0.25, 0.3) is 5.91 Å². The highest BCUT2D eigenvalue weighted by Gasteiger charge is 2.91. The normalized spacial score (nSPS) is 27.7. The molecule has 2 saturated carbocycles. The Balaban J connectivity index is 1.22. The average Bonchev–Trinajstić information content (AvgIpc) is 3.42. The van der Waals surface area contributed by atoms with Gasteiger partial charge in [-0.05, 0) is 24.3 Å².